The van der Waals surface area contributed by atoms with Crippen molar-refractivity contribution in [1.29, 1.82) is 0 Å². The second kappa shape index (κ2) is 8.43. The van der Waals surface area contributed by atoms with E-state index < -0.39 is 5.41 Å². The maximum absolute atomic E-state index is 6.93. The first-order valence-electron chi connectivity index (χ1n) is 12.6. The van der Waals surface area contributed by atoms with E-state index in [1.807, 2.05) is 0 Å². The third kappa shape index (κ3) is 3.08. The van der Waals surface area contributed by atoms with Crippen LogP contribution in [0.15, 0.2) is 120 Å². The van der Waals surface area contributed by atoms with Crippen LogP contribution in [0.5, 0.6) is 11.5 Å². The van der Waals surface area contributed by atoms with Crippen molar-refractivity contribution in [1.82, 2.24) is 0 Å². The second-order valence-corrected chi connectivity index (χ2v) is 9.58. The van der Waals surface area contributed by atoms with Gasteiger partial charge in [0, 0.05) is 21.9 Å². The Kier molecular flexibility index (Phi) is 5.22. The molecule has 35 heavy (non-hydrogen) atoms. The molecular weight excluding hydrogens is 424 g/mol. The van der Waals surface area contributed by atoms with Crippen LogP contribution < -0.4 is 4.74 Å². The minimum atomic E-state index is -0.414. The normalized spacial score (nSPS) is 18.6. The lowest BCUT2D eigenvalue weighted by molar-refractivity contribution is 0.445. The SMILES string of the molecule is C=C1C/C(=C\C=C/C)C2(/C1=C/CCC)c1ccc3ccccc3c1Oc1c2ccc2ccccc12. The van der Waals surface area contributed by atoms with Crippen molar-refractivity contribution in [2.24, 2.45) is 0 Å². The van der Waals surface area contributed by atoms with Crippen molar-refractivity contribution in [3.63, 3.8) is 0 Å². The third-order valence-corrected chi connectivity index (χ3v) is 7.57. The van der Waals surface area contributed by atoms with Crippen LogP contribution in [0.25, 0.3) is 21.5 Å². The summed E-state index contributed by atoms with van der Waals surface area (Å²) >= 11 is 0. The quantitative estimate of drug-likeness (QED) is 0.299. The molecule has 1 heterocycles. The van der Waals surface area contributed by atoms with E-state index in [4.69, 9.17) is 4.74 Å². The zero-order valence-electron chi connectivity index (χ0n) is 20.5. The molecule has 0 N–H and O–H groups in total. The minimum Gasteiger partial charge on any atom is -0.455 e. The van der Waals surface area contributed by atoms with Crippen molar-refractivity contribution in [2.45, 2.75) is 38.5 Å². The average molecular weight is 455 g/mol. The van der Waals surface area contributed by atoms with Gasteiger partial charge >= 0.3 is 0 Å². The lowest BCUT2D eigenvalue weighted by Gasteiger charge is -2.41. The summed E-state index contributed by atoms with van der Waals surface area (Å²) in [5, 5.41) is 4.70. The van der Waals surface area contributed by atoms with Crippen LogP contribution in [0.4, 0.5) is 0 Å². The molecule has 0 atom stereocenters. The van der Waals surface area contributed by atoms with Gasteiger partial charge in [0.05, 0.1) is 5.41 Å². The van der Waals surface area contributed by atoms with Crippen LogP contribution in [-0.2, 0) is 5.41 Å². The van der Waals surface area contributed by atoms with Gasteiger partial charge in [-0.2, -0.15) is 0 Å². The van der Waals surface area contributed by atoms with E-state index in [1.165, 1.54) is 38.6 Å². The number of unbranched alkanes of at least 4 members (excludes halogenated alkanes) is 1. The van der Waals surface area contributed by atoms with E-state index in [1.54, 1.807) is 0 Å². The molecular formula is C34H30O. The number of fused-ring (bicyclic) bond motifs is 8. The van der Waals surface area contributed by atoms with E-state index in [-0.39, 0.29) is 0 Å². The first kappa shape index (κ1) is 21.7. The van der Waals surface area contributed by atoms with E-state index >= 15 is 0 Å². The first-order chi connectivity index (χ1) is 17.2. The predicted octanol–water partition coefficient (Wildman–Crippen LogP) is 9.57. The number of benzene rings is 4. The molecule has 172 valence electrons. The van der Waals surface area contributed by atoms with Gasteiger partial charge in [0.1, 0.15) is 11.5 Å². The van der Waals surface area contributed by atoms with Crippen molar-refractivity contribution >= 4 is 21.5 Å². The fourth-order valence-corrected chi connectivity index (χ4v) is 6.06. The van der Waals surface area contributed by atoms with Crippen LogP contribution in [0, 0.1) is 0 Å². The van der Waals surface area contributed by atoms with Crippen LogP contribution in [0.2, 0.25) is 0 Å². The Morgan fingerprint density at radius 1 is 0.857 bits per heavy atom. The largest absolute Gasteiger partial charge is 0.455 e. The predicted molar refractivity (Wildman–Crippen MR) is 148 cm³/mol. The molecule has 1 fully saturated rings. The van der Waals surface area contributed by atoms with Crippen molar-refractivity contribution in [3.05, 3.63) is 132 Å². The molecule has 1 heteroatoms. The fraction of sp³-hybridized carbons (Fsp3) is 0.176. The third-order valence-electron chi connectivity index (χ3n) is 7.57. The highest BCUT2D eigenvalue weighted by molar-refractivity contribution is 5.97. The molecule has 1 spiro atoms. The summed E-state index contributed by atoms with van der Waals surface area (Å²) in [4.78, 5) is 0. The Labute approximate surface area is 207 Å². The van der Waals surface area contributed by atoms with E-state index in [0.29, 0.717) is 0 Å². The lowest BCUT2D eigenvalue weighted by Crippen LogP contribution is -2.32. The average Bonchev–Trinajstić information content (AvgIpc) is 3.17. The smallest absolute Gasteiger partial charge is 0.140 e. The van der Waals surface area contributed by atoms with Gasteiger partial charge < -0.3 is 4.74 Å². The van der Waals surface area contributed by atoms with Gasteiger partial charge in [-0.15, -0.1) is 0 Å². The molecule has 0 bridgehead atoms. The molecule has 0 unspecified atom stereocenters. The Morgan fingerprint density at radius 2 is 1.46 bits per heavy atom. The topological polar surface area (TPSA) is 9.23 Å². The van der Waals surface area contributed by atoms with Crippen LogP contribution in [-0.4, -0.2) is 0 Å². The number of ether oxygens (including phenoxy) is 1. The van der Waals surface area contributed by atoms with E-state index in [9.17, 15) is 0 Å². The van der Waals surface area contributed by atoms with Gasteiger partial charge in [0.2, 0.25) is 0 Å². The highest BCUT2D eigenvalue weighted by Gasteiger charge is 2.52. The van der Waals surface area contributed by atoms with Gasteiger partial charge in [-0.25, -0.2) is 0 Å². The number of allylic oxidation sites excluding steroid dienone is 7. The van der Waals surface area contributed by atoms with Crippen molar-refractivity contribution in [2.75, 3.05) is 0 Å². The number of hydrogen-bond acceptors (Lipinski definition) is 1. The summed E-state index contributed by atoms with van der Waals surface area (Å²) in [6.45, 7) is 8.91. The second-order valence-electron chi connectivity index (χ2n) is 9.58. The molecule has 6 rings (SSSR count). The van der Waals surface area contributed by atoms with E-state index in [0.717, 1.165) is 41.5 Å². The Hall–Kier alpha value is -3.84. The molecule has 4 aromatic rings. The lowest BCUT2D eigenvalue weighted by atomic mass is 9.65. The van der Waals surface area contributed by atoms with Crippen LogP contribution in [0.1, 0.15) is 44.2 Å². The van der Waals surface area contributed by atoms with Gasteiger partial charge in [-0.1, -0.05) is 117 Å². The maximum atomic E-state index is 6.93. The summed E-state index contributed by atoms with van der Waals surface area (Å²) < 4.78 is 6.93. The zero-order valence-corrected chi connectivity index (χ0v) is 20.5. The van der Waals surface area contributed by atoms with Gasteiger partial charge in [-0.05, 0) is 47.3 Å². The summed E-state index contributed by atoms with van der Waals surface area (Å²) in [7, 11) is 0. The molecule has 2 aliphatic rings. The highest BCUT2D eigenvalue weighted by atomic mass is 16.5. The molecule has 1 nitrogen and oxygen atoms in total. The minimum absolute atomic E-state index is 0.414. The Morgan fingerprint density at radius 3 is 2.03 bits per heavy atom. The van der Waals surface area contributed by atoms with Crippen molar-refractivity contribution < 1.29 is 4.74 Å². The number of hydrogen-bond donors (Lipinski definition) is 0. The molecule has 1 saturated carbocycles. The molecule has 1 aliphatic carbocycles. The molecule has 0 aromatic heterocycles. The molecule has 1 aliphatic heterocycles. The molecule has 4 aromatic carbocycles. The van der Waals surface area contributed by atoms with E-state index in [2.05, 4.69) is 118 Å². The molecule has 0 saturated heterocycles. The summed E-state index contributed by atoms with van der Waals surface area (Å²) in [5.74, 6) is 1.94. The molecule has 0 amide bonds. The zero-order chi connectivity index (χ0) is 24.0. The fourth-order valence-electron chi connectivity index (χ4n) is 6.06. The first-order valence-corrected chi connectivity index (χ1v) is 12.6. The standard InChI is InChI=1S/C34H30O/c1-4-6-14-26-22-23(3)29(17-7-5-2)34(26)30-20-18-24-12-8-10-15-27(24)32(30)35-33-28-16-11-9-13-25(28)19-21-31(33)34/h4,6,8-21H,3,5,7,22H2,1-2H3/b6-4-,26-14+,29-17+. The maximum Gasteiger partial charge on any atom is 0.140 e. The van der Waals surface area contributed by atoms with Crippen LogP contribution in [0.3, 0.4) is 0 Å². The van der Waals surface area contributed by atoms with Gasteiger partial charge in [0.15, 0.2) is 0 Å². The van der Waals surface area contributed by atoms with Gasteiger partial charge in [0.25, 0.3) is 0 Å². The Bertz CT molecular complexity index is 1490. The van der Waals surface area contributed by atoms with Crippen molar-refractivity contribution in [3.8, 4) is 11.5 Å². The van der Waals surface area contributed by atoms with Crippen LogP contribution >= 0.6 is 0 Å². The Balaban J connectivity index is 1.81. The summed E-state index contributed by atoms with van der Waals surface area (Å²) in [5.41, 5.74) is 5.91. The summed E-state index contributed by atoms with van der Waals surface area (Å²) in [6.07, 6.45) is 12.0. The highest BCUT2D eigenvalue weighted by Crippen LogP contribution is 2.64. The monoisotopic (exact) mass is 454 g/mol. The molecule has 0 radical (unpaired) electrons. The number of rotatable bonds is 3. The van der Waals surface area contributed by atoms with Gasteiger partial charge in [-0.3, -0.25) is 0 Å². The summed E-state index contributed by atoms with van der Waals surface area (Å²) in [6, 6.07) is 26.2.